The van der Waals surface area contributed by atoms with E-state index in [1.165, 1.54) is 11.8 Å². The van der Waals surface area contributed by atoms with Crippen LogP contribution in [0.1, 0.15) is 18.4 Å². The molecule has 176 valence electrons. The summed E-state index contributed by atoms with van der Waals surface area (Å²) in [5.41, 5.74) is 5.90. The normalized spacial score (nSPS) is 13.3. The van der Waals surface area contributed by atoms with E-state index in [0.717, 1.165) is 0 Å². The molecule has 0 bridgehead atoms. The summed E-state index contributed by atoms with van der Waals surface area (Å²) in [5, 5.41) is 25.6. The molecule has 0 radical (unpaired) electrons. The molecule has 3 unspecified atom stereocenters. The molecule has 0 aromatic heterocycles. The Morgan fingerprint density at radius 1 is 0.938 bits per heavy atom. The lowest BCUT2D eigenvalue weighted by Gasteiger charge is -2.24. The highest BCUT2D eigenvalue weighted by Crippen LogP contribution is 2.07. The molecule has 11 nitrogen and oxygen atoms in total. The summed E-state index contributed by atoms with van der Waals surface area (Å²) >= 11 is 1.41. The number of carbonyl (C=O) groups is 5. The predicted octanol–water partition coefficient (Wildman–Crippen LogP) is -1.05. The standard InChI is InChI=1S/C20H28N4O7S/c1-32-8-7-13(23-19(29)14(10-17(26)27)22-16(25)11-21)18(28)24-15(20(30)31)9-12-5-3-2-4-6-12/h2-6,13-15H,7-11,21H2,1H3,(H,22,25)(H,23,29)(H,24,28)(H,26,27)(H,30,31). The molecule has 3 amide bonds. The maximum atomic E-state index is 12.8. The lowest BCUT2D eigenvalue weighted by molar-refractivity contribution is -0.143. The van der Waals surface area contributed by atoms with Crippen LogP contribution in [-0.2, 0) is 30.4 Å². The smallest absolute Gasteiger partial charge is 0.326 e. The predicted molar refractivity (Wildman–Crippen MR) is 118 cm³/mol. The van der Waals surface area contributed by atoms with Crippen LogP contribution in [0.25, 0.3) is 0 Å². The molecule has 0 heterocycles. The van der Waals surface area contributed by atoms with Gasteiger partial charge in [-0.3, -0.25) is 19.2 Å². The number of aliphatic carboxylic acids is 2. The van der Waals surface area contributed by atoms with Crippen LogP contribution in [0.2, 0.25) is 0 Å². The van der Waals surface area contributed by atoms with E-state index in [4.69, 9.17) is 10.8 Å². The van der Waals surface area contributed by atoms with Crippen LogP contribution in [0.5, 0.6) is 0 Å². The topological polar surface area (TPSA) is 188 Å². The van der Waals surface area contributed by atoms with Crippen LogP contribution in [0, 0.1) is 0 Å². The monoisotopic (exact) mass is 468 g/mol. The highest BCUT2D eigenvalue weighted by molar-refractivity contribution is 7.98. The number of thioether (sulfide) groups is 1. The Labute approximate surface area is 189 Å². The second-order valence-electron chi connectivity index (χ2n) is 6.85. The van der Waals surface area contributed by atoms with Crippen LogP contribution in [0.3, 0.4) is 0 Å². The van der Waals surface area contributed by atoms with Gasteiger partial charge in [0.25, 0.3) is 0 Å². The highest BCUT2D eigenvalue weighted by atomic mass is 32.2. The van der Waals surface area contributed by atoms with Crippen LogP contribution >= 0.6 is 11.8 Å². The van der Waals surface area contributed by atoms with E-state index in [-0.39, 0.29) is 12.8 Å². The van der Waals surface area contributed by atoms with Gasteiger partial charge in [0.2, 0.25) is 17.7 Å². The second kappa shape index (κ2) is 14.0. The number of nitrogens with one attached hydrogen (secondary N) is 3. The molecule has 1 aromatic carbocycles. The summed E-state index contributed by atoms with van der Waals surface area (Å²) in [5.74, 6) is -4.45. The Hall–Kier alpha value is -3.12. The van der Waals surface area contributed by atoms with Crippen LogP contribution in [0.15, 0.2) is 30.3 Å². The van der Waals surface area contributed by atoms with E-state index in [2.05, 4.69) is 16.0 Å². The molecule has 0 saturated carbocycles. The van der Waals surface area contributed by atoms with Gasteiger partial charge in [0.15, 0.2) is 0 Å². The molecule has 32 heavy (non-hydrogen) atoms. The number of nitrogens with two attached hydrogens (primary N) is 1. The summed E-state index contributed by atoms with van der Waals surface area (Å²) in [7, 11) is 0. The zero-order valence-corrected chi connectivity index (χ0v) is 18.4. The minimum atomic E-state index is -1.44. The third kappa shape index (κ3) is 9.79. The van der Waals surface area contributed by atoms with Gasteiger partial charge in [-0.25, -0.2) is 4.79 Å². The number of carbonyl (C=O) groups excluding carboxylic acids is 3. The van der Waals surface area contributed by atoms with Gasteiger partial charge in [0.05, 0.1) is 13.0 Å². The van der Waals surface area contributed by atoms with Crippen molar-refractivity contribution in [2.24, 2.45) is 5.73 Å². The van der Waals surface area contributed by atoms with Crippen molar-refractivity contribution in [3.63, 3.8) is 0 Å². The number of benzene rings is 1. The Morgan fingerprint density at radius 3 is 2.06 bits per heavy atom. The SMILES string of the molecule is CSCCC(NC(=O)C(CC(=O)O)NC(=O)CN)C(=O)NC(Cc1ccccc1)C(=O)O. The van der Waals surface area contributed by atoms with Crippen molar-refractivity contribution in [1.82, 2.24) is 16.0 Å². The first-order valence-electron chi connectivity index (χ1n) is 9.75. The molecule has 0 aliphatic carbocycles. The molecule has 0 spiro atoms. The van der Waals surface area contributed by atoms with E-state index in [9.17, 15) is 29.1 Å². The van der Waals surface area contributed by atoms with E-state index < -0.39 is 60.8 Å². The third-order valence-corrected chi connectivity index (χ3v) is 5.00. The third-order valence-electron chi connectivity index (χ3n) is 4.36. The fourth-order valence-corrected chi connectivity index (χ4v) is 3.21. The number of carboxylic acid groups (broad SMARTS) is 2. The zero-order chi connectivity index (χ0) is 24.1. The molecule has 0 saturated heterocycles. The molecule has 12 heteroatoms. The molecule has 1 aromatic rings. The molecule has 0 fully saturated rings. The molecule has 7 N–H and O–H groups in total. The van der Waals surface area contributed by atoms with E-state index in [0.29, 0.717) is 11.3 Å². The van der Waals surface area contributed by atoms with Crippen molar-refractivity contribution in [2.75, 3.05) is 18.6 Å². The summed E-state index contributed by atoms with van der Waals surface area (Å²) < 4.78 is 0. The van der Waals surface area contributed by atoms with Crippen molar-refractivity contribution in [3.05, 3.63) is 35.9 Å². The van der Waals surface area contributed by atoms with Gasteiger partial charge < -0.3 is 31.9 Å². The fraction of sp³-hybridized carbons (Fsp3) is 0.450. The minimum absolute atomic E-state index is 0.0410. The second-order valence-corrected chi connectivity index (χ2v) is 7.84. The quantitative estimate of drug-likeness (QED) is 0.198. The number of rotatable bonds is 14. The van der Waals surface area contributed by atoms with Crippen LogP contribution in [-0.4, -0.2) is 76.6 Å². The van der Waals surface area contributed by atoms with Gasteiger partial charge >= 0.3 is 11.9 Å². The molecular formula is C20H28N4O7S. The molecule has 3 atom stereocenters. The minimum Gasteiger partial charge on any atom is -0.481 e. The summed E-state index contributed by atoms with van der Waals surface area (Å²) in [6.07, 6.45) is 1.29. The van der Waals surface area contributed by atoms with Crippen LogP contribution < -0.4 is 21.7 Å². The lowest BCUT2D eigenvalue weighted by atomic mass is 10.0. The van der Waals surface area contributed by atoms with Crippen LogP contribution in [0.4, 0.5) is 0 Å². The van der Waals surface area contributed by atoms with Gasteiger partial charge in [0, 0.05) is 6.42 Å². The number of amides is 3. The lowest BCUT2D eigenvalue weighted by Crippen LogP contribution is -2.57. The molecule has 1 rings (SSSR count). The van der Waals surface area contributed by atoms with Gasteiger partial charge in [-0.2, -0.15) is 11.8 Å². The van der Waals surface area contributed by atoms with Crippen molar-refractivity contribution in [1.29, 1.82) is 0 Å². The average molecular weight is 469 g/mol. The Kier molecular flexibility index (Phi) is 11.8. The summed E-state index contributed by atoms with van der Waals surface area (Å²) in [6, 6.07) is 4.93. The fourth-order valence-electron chi connectivity index (χ4n) is 2.74. The maximum absolute atomic E-state index is 12.8. The average Bonchev–Trinajstić information content (AvgIpc) is 2.75. The zero-order valence-electron chi connectivity index (χ0n) is 17.6. The first-order chi connectivity index (χ1) is 15.2. The van der Waals surface area contributed by atoms with Crippen molar-refractivity contribution in [2.45, 2.75) is 37.4 Å². The largest absolute Gasteiger partial charge is 0.481 e. The van der Waals surface area contributed by atoms with E-state index in [1.807, 2.05) is 0 Å². The Bertz CT molecular complexity index is 806. The Balaban J connectivity index is 2.94. The number of hydrogen-bond donors (Lipinski definition) is 6. The number of hydrogen-bond acceptors (Lipinski definition) is 7. The van der Waals surface area contributed by atoms with Gasteiger partial charge in [0.1, 0.15) is 18.1 Å². The van der Waals surface area contributed by atoms with E-state index >= 15 is 0 Å². The maximum Gasteiger partial charge on any atom is 0.326 e. The van der Waals surface area contributed by atoms with E-state index in [1.54, 1.807) is 36.6 Å². The van der Waals surface area contributed by atoms with Gasteiger partial charge in [-0.05, 0) is 24.0 Å². The van der Waals surface area contributed by atoms with Gasteiger partial charge in [-0.15, -0.1) is 0 Å². The summed E-state index contributed by atoms with van der Waals surface area (Å²) in [4.78, 5) is 59.6. The first-order valence-corrected chi connectivity index (χ1v) is 11.1. The van der Waals surface area contributed by atoms with Crippen molar-refractivity contribution >= 4 is 41.4 Å². The summed E-state index contributed by atoms with van der Waals surface area (Å²) in [6.45, 7) is -0.445. The highest BCUT2D eigenvalue weighted by Gasteiger charge is 2.30. The number of carboxylic acids is 2. The van der Waals surface area contributed by atoms with Crippen molar-refractivity contribution < 1.29 is 34.2 Å². The first kappa shape index (κ1) is 26.9. The molecule has 0 aliphatic rings. The Morgan fingerprint density at radius 2 is 1.53 bits per heavy atom. The molecular weight excluding hydrogens is 440 g/mol. The van der Waals surface area contributed by atoms with Gasteiger partial charge in [-0.1, -0.05) is 30.3 Å². The molecule has 0 aliphatic heterocycles. The van der Waals surface area contributed by atoms with Crippen molar-refractivity contribution in [3.8, 4) is 0 Å².